The lowest BCUT2D eigenvalue weighted by Crippen LogP contribution is -2.47. The Morgan fingerprint density at radius 1 is 0.889 bits per heavy atom. The summed E-state index contributed by atoms with van der Waals surface area (Å²) >= 11 is 13.1. The van der Waals surface area contributed by atoms with Crippen LogP contribution >= 0.6 is 35.0 Å². The van der Waals surface area contributed by atoms with Crippen molar-refractivity contribution in [1.29, 1.82) is 0 Å². The van der Waals surface area contributed by atoms with Crippen molar-refractivity contribution < 1.29 is 14.4 Å². The number of hydrogen-bond donors (Lipinski definition) is 3. The molecule has 0 radical (unpaired) electrons. The maximum atomic E-state index is 11.8. The van der Waals surface area contributed by atoms with E-state index < -0.39 is 11.8 Å². The van der Waals surface area contributed by atoms with Gasteiger partial charge in [-0.2, -0.15) is 0 Å². The molecule has 6 nitrogen and oxygen atoms in total. The first-order valence-electron chi connectivity index (χ1n) is 7.90. The van der Waals surface area contributed by atoms with Gasteiger partial charge < -0.3 is 5.32 Å². The number of carbonyl (C=O) groups is 3. The Morgan fingerprint density at radius 2 is 1.59 bits per heavy atom. The molecule has 0 atom stereocenters. The molecule has 3 N–H and O–H groups in total. The van der Waals surface area contributed by atoms with Crippen molar-refractivity contribution in [3.8, 4) is 0 Å². The molecule has 0 heterocycles. The number of benzene rings is 2. The first-order chi connectivity index (χ1) is 12.9. The first kappa shape index (κ1) is 21.1. The number of thioether (sulfide) groups is 1. The van der Waals surface area contributed by atoms with Crippen LogP contribution in [0.1, 0.15) is 5.56 Å². The highest BCUT2D eigenvalue weighted by molar-refractivity contribution is 8.00. The van der Waals surface area contributed by atoms with Gasteiger partial charge in [0.15, 0.2) is 0 Å². The summed E-state index contributed by atoms with van der Waals surface area (Å²) in [6, 6.07) is 14.1. The van der Waals surface area contributed by atoms with E-state index in [0.717, 1.165) is 5.56 Å². The molecule has 0 fully saturated rings. The third-order valence-electron chi connectivity index (χ3n) is 3.25. The average Bonchev–Trinajstić information content (AvgIpc) is 2.66. The molecule has 2 rings (SSSR count). The second-order valence-corrected chi connectivity index (χ2v) is 7.26. The van der Waals surface area contributed by atoms with Gasteiger partial charge in [0.2, 0.25) is 11.8 Å². The summed E-state index contributed by atoms with van der Waals surface area (Å²) in [5, 5.41) is 3.49. The molecule has 142 valence electrons. The average molecular weight is 426 g/mol. The molecule has 0 saturated heterocycles. The van der Waals surface area contributed by atoms with Crippen LogP contribution in [0.3, 0.4) is 0 Å². The highest BCUT2D eigenvalue weighted by atomic mass is 35.5. The predicted octanol–water partition coefficient (Wildman–Crippen LogP) is 2.59. The van der Waals surface area contributed by atoms with Crippen LogP contribution in [0, 0.1) is 0 Å². The fraction of sp³-hybridized carbons (Fsp3) is 0.167. The Labute approximate surface area is 171 Å². The van der Waals surface area contributed by atoms with Gasteiger partial charge in [0, 0.05) is 9.92 Å². The summed E-state index contributed by atoms with van der Waals surface area (Å²) in [6.45, 7) is -0.237. The van der Waals surface area contributed by atoms with Gasteiger partial charge in [-0.1, -0.05) is 53.5 Å². The molecule has 0 bridgehead atoms. The van der Waals surface area contributed by atoms with Crippen LogP contribution in [0.5, 0.6) is 0 Å². The highest BCUT2D eigenvalue weighted by Gasteiger charge is 2.09. The van der Waals surface area contributed by atoms with Crippen LogP contribution in [0.4, 0.5) is 0 Å². The van der Waals surface area contributed by atoms with Crippen LogP contribution < -0.4 is 16.2 Å². The van der Waals surface area contributed by atoms with E-state index in [1.54, 1.807) is 18.2 Å². The van der Waals surface area contributed by atoms with Crippen molar-refractivity contribution in [2.75, 3.05) is 12.3 Å². The third-order valence-corrected chi connectivity index (χ3v) is 4.98. The number of nitrogens with one attached hydrogen (secondary N) is 3. The van der Waals surface area contributed by atoms with Gasteiger partial charge in [0.05, 0.1) is 23.7 Å². The number of hydrogen-bond acceptors (Lipinski definition) is 4. The van der Waals surface area contributed by atoms with Crippen molar-refractivity contribution in [3.63, 3.8) is 0 Å². The summed E-state index contributed by atoms with van der Waals surface area (Å²) in [6.07, 6.45) is 0.178. The highest BCUT2D eigenvalue weighted by Crippen LogP contribution is 2.29. The van der Waals surface area contributed by atoms with Gasteiger partial charge in [0.25, 0.3) is 5.91 Å². The molecule has 27 heavy (non-hydrogen) atoms. The van der Waals surface area contributed by atoms with E-state index in [2.05, 4.69) is 16.2 Å². The Hall–Kier alpha value is -2.22. The lowest BCUT2D eigenvalue weighted by molar-refractivity contribution is -0.128. The van der Waals surface area contributed by atoms with Crippen molar-refractivity contribution in [2.45, 2.75) is 11.3 Å². The van der Waals surface area contributed by atoms with Gasteiger partial charge >= 0.3 is 0 Å². The zero-order valence-corrected chi connectivity index (χ0v) is 16.5. The molecule has 0 aliphatic rings. The number of rotatable bonds is 7. The second kappa shape index (κ2) is 10.8. The Bertz CT molecular complexity index is 819. The predicted molar refractivity (Wildman–Crippen MR) is 107 cm³/mol. The number of amides is 3. The van der Waals surface area contributed by atoms with E-state index in [1.807, 2.05) is 30.3 Å². The van der Waals surface area contributed by atoms with Crippen molar-refractivity contribution in [2.24, 2.45) is 0 Å². The summed E-state index contributed by atoms with van der Waals surface area (Å²) in [7, 11) is 0. The molecule has 2 aromatic carbocycles. The van der Waals surface area contributed by atoms with E-state index in [4.69, 9.17) is 23.2 Å². The molecule has 0 spiro atoms. The second-order valence-electron chi connectivity index (χ2n) is 5.40. The summed E-state index contributed by atoms with van der Waals surface area (Å²) in [5.74, 6) is -1.19. The SMILES string of the molecule is O=C(Cc1ccccc1)NCC(=O)NNC(=O)CSc1cc(Cl)ccc1Cl. The van der Waals surface area contributed by atoms with Gasteiger partial charge in [-0.25, -0.2) is 0 Å². The minimum atomic E-state index is -0.532. The van der Waals surface area contributed by atoms with Crippen LogP contribution in [0.25, 0.3) is 0 Å². The van der Waals surface area contributed by atoms with Crippen LogP contribution in [-0.4, -0.2) is 30.0 Å². The van der Waals surface area contributed by atoms with Crippen LogP contribution in [0.2, 0.25) is 10.0 Å². The maximum Gasteiger partial charge on any atom is 0.257 e. The quantitative estimate of drug-likeness (QED) is 0.469. The van der Waals surface area contributed by atoms with Crippen LogP contribution in [0.15, 0.2) is 53.4 Å². The molecule has 0 aliphatic carbocycles. The zero-order chi connectivity index (χ0) is 19.6. The fourth-order valence-electron chi connectivity index (χ4n) is 1.97. The van der Waals surface area contributed by atoms with Crippen molar-refractivity contribution >= 4 is 52.7 Å². The zero-order valence-electron chi connectivity index (χ0n) is 14.1. The van der Waals surface area contributed by atoms with Gasteiger partial charge in [-0.3, -0.25) is 25.2 Å². The van der Waals surface area contributed by atoms with Crippen molar-refractivity contribution in [1.82, 2.24) is 16.2 Å². The van der Waals surface area contributed by atoms with Crippen molar-refractivity contribution in [3.05, 3.63) is 64.1 Å². The monoisotopic (exact) mass is 425 g/mol. The van der Waals surface area contributed by atoms with E-state index >= 15 is 0 Å². The topological polar surface area (TPSA) is 87.3 Å². The van der Waals surface area contributed by atoms with E-state index in [0.29, 0.717) is 14.9 Å². The van der Waals surface area contributed by atoms with E-state index in [-0.39, 0.29) is 24.6 Å². The molecule has 9 heteroatoms. The maximum absolute atomic E-state index is 11.8. The first-order valence-corrected chi connectivity index (χ1v) is 9.64. The van der Waals surface area contributed by atoms with Crippen LogP contribution in [-0.2, 0) is 20.8 Å². The fourth-order valence-corrected chi connectivity index (χ4v) is 3.27. The Morgan fingerprint density at radius 3 is 2.33 bits per heavy atom. The lowest BCUT2D eigenvalue weighted by Gasteiger charge is -2.09. The smallest absolute Gasteiger partial charge is 0.257 e. The molecule has 0 aromatic heterocycles. The van der Waals surface area contributed by atoms with Gasteiger partial charge in [0.1, 0.15) is 0 Å². The molecule has 0 saturated carbocycles. The number of carbonyl (C=O) groups excluding carboxylic acids is 3. The number of halogens is 2. The summed E-state index contributed by atoms with van der Waals surface area (Å²) in [4.78, 5) is 35.9. The minimum absolute atomic E-state index is 0.0424. The molecular formula is C18H17Cl2N3O3S. The molecule has 3 amide bonds. The number of hydrazine groups is 1. The Kier molecular flexibility index (Phi) is 8.44. The largest absolute Gasteiger partial charge is 0.347 e. The van der Waals surface area contributed by atoms with Gasteiger partial charge in [-0.05, 0) is 23.8 Å². The molecular weight excluding hydrogens is 409 g/mol. The lowest BCUT2D eigenvalue weighted by atomic mass is 10.1. The van der Waals surface area contributed by atoms with E-state index in [9.17, 15) is 14.4 Å². The van der Waals surface area contributed by atoms with Gasteiger partial charge in [-0.15, -0.1) is 11.8 Å². The minimum Gasteiger partial charge on any atom is -0.347 e. The standard InChI is InChI=1S/C18H17Cl2N3O3S/c19-13-6-7-14(20)15(9-13)27-11-18(26)23-22-17(25)10-21-16(24)8-12-4-2-1-3-5-12/h1-7,9H,8,10-11H2,(H,21,24)(H,22,25)(H,23,26). The normalized spacial score (nSPS) is 10.1. The molecule has 0 aliphatic heterocycles. The molecule has 0 unspecified atom stereocenters. The van der Waals surface area contributed by atoms with E-state index in [1.165, 1.54) is 11.8 Å². The summed E-state index contributed by atoms with van der Waals surface area (Å²) in [5.41, 5.74) is 5.36. The molecule has 2 aromatic rings. The Balaban J connectivity index is 1.65. The third kappa shape index (κ3) is 7.90. The summed E-state index contributed by atoms with van der Waals surface area (Å²) < 4.78 is 0.